The van der Waals surface area contributed by atoms with Crippen LogP contribution in [0.5, 0.6) is 0 Å². The van der Waals surface area contributed by atoms with Crippen LogP contribution in [0.4, 0.5) is 0 Å². The largest absolute Gasteiger partial charge is 0.327 e. The fourth-order valence-electron chi connectivity index (χ4n) is 0.968. The molecular formula is C7H7N2. The number of fused-ring (bicyclic) bond motifs is 1. The highest BCUT2D eigenvalue weighted by Gasteiger charge is 2.15. The molecule has 2 rings (SSSR count). The van der Waals surface area contributed by atoms with E-state index in [9.17, 15) is 0 Å². The van der Waals surface area contributed by atoms with Gasteiger partial charge in [0.2, 0.25) is 0 Å². The van der Waals surface area contributed by atoms with E-state index in [1.807, 2.05) is 30.8 Å². The van der Waals surface area contributed by atoms with Crippen LogP contribution in [0.2, 0.25) is 0 Å². The predicted octanol–water partition coefficient (Wildman–Crippen LogP) is 0.787. The Balaban J connectivity index is 2.25. The fraction of sp³-hybridized carbons (Fsp3) is 0.143. The van der Waals surface area contributed by atoms with E-state index in [2.05, 4.69) is 16.3 Å². The smallest absolute Gasteiger partial charge is 0.143 e. The number of hydrogen-bond donors (Lipinski definition) is 0. The molecule has 0 bridgehead atoms. The van der Waals surface area contributed by atoms with Gasteiger partial charge in [-0.1, -0.05) is 6.08 Å². The Morgan fingerprint density at radius 2 is 2.22 bits per heavy atom. The SMILES string of the molecule is C1=CC2[N]C=CN2C=C1. The van der Waals surface area contributed by atoms with Crippen molar-refractivity contribution in [3.05, 3.63) is 36.8 Å². The molecule has 0 saturated carbocycles. The third kappa shape index (κ3) is 0.633. The van der Waals surface area contributed by atoms with Gasteiger partial charge in [0.25, 0.3) is 0 Å². The van der Waals surface area contributed by atoms with Crippen LogP contribution >= 0.6 is 0 Å². The first-order chi connectivity index (χ1) is 4.47. The van der Waals surface area contributed by atoms with Gasteiger partial charge in [0.05, 0.1) is 0 Å². The third-order valence-electron chi connectivity index (χ3n) is 1.44. The number of hydrogen-bond acceptors (Lipinski definition) is 1. The fourth-order valence-corrected chi connectivity index (χ4v) is 0.968. The van der Waals surface area contributed by atoms with E-state index in [1.54, 1.807) is 0 Å². The summed E-state index contributed by atoms with van der Waals surface area (Å²) in [7, 11) is 0. The molecule has 2 aliphatic heterocycles. The Kier molecular flexibility index (Phi) is 0.859. The quantitative estimate of drug-likeness (QED) is 0.460. The van der Waals surface area contributed by atoms with Gasteiger partial charge in [0.15, 0.2) is 0 Å². The number of rotatable bonds is 0. The molecule has 0 aromatic rings. The first-order valence-electron chi connectivity index (χ1n) is 2.96. The van der Waals surface area contributed by atoms with Gasteiger partial charge in [-0.25, -0.2) is 0 Å². The van der Waals surface area contributed by atoms with Crippen molar-refractivity contribution in [3.8, 4) is 0 Å². The van der Waals surface area contributed by atoms with Crippen LogP contribution in [-0.4, -0.2) is 11.1 Å². The Morgan fingerprint density at radius 1 is 1.22 bits per heavy atom. The highest BCUT2D eigenvalue weighted by atomic mass is 15.3. The van der Waals surface area contributed by atoms with Crippen LogP contribution in [0.15, 0.2) is 36.8 Å². The molecule has 0 aromatic heterocycles. The van der Waals surface area contributed by atoms with Crippen molar-refractivity contribution in [1.29, 1.82) is 0 Å². The molecule has 2 nitrogen and oxygen atoms in total. The van der Waals surface area contributed by atoms with E-state index in [4.69, 9.17) is 0 Å². The lowest BCUT2D eigenvalue weighted by atomic mass is 10.3. The predicted molar refractivity (Wildman–Crippen MR) is 35.2 cm³/mol. The van der Waals surface area contributed by atoms with Gasteiger partial charge in [0, 0.05) is 18.6 Å². The van der Waals surface area contributed by atoms with Crippen molar-refractivity contribution in [2.75, 3.05) is 0 Å². The molecule has 9 heavy (non-hydrogen) atoms. The molecular weight excluding hydrogens is 112 g/mol. The van der Waals surface area contributed by atoms with Crippen LogP contribution in [0.1, 0.15) is 0 Å². The highest BCUT2D eigenvalue weighted by Crippen LogP contribution is 2.11. The van der Waals surface area contributed by atoms with Gasteiger partial charge in [0.1, 0.15) is 6.17 Å². The Hall–Kier alpha value is -1.18. The van der Waals surface area contributed by atoms with Gasteiger partial charge >= 0.3 is 0 Å². The summed E-state index contributed by atoms with van der Waals surface area (Å²) in [4.78, 5) is 2.06. The van der Waals surface area contributed by atoms with Gasteiger partial charge < -0.3 is 4.90 Å². The molecule has 0 N–H and O–H groups in total. The molecule has 0 spiro atoms. The average molecular weight is 119 g/mol. The van der Waals surface area contributed by atoms with E-state index in [0.717, 1.165) is 0 Å². The first-order valence-corrected chi connectivity index (χ1v) is 2.96. The summed E-state index contributed by atoms with van der Waals surface area (Å²) < 4.78 is 0. The van der Waals surface area contributed by atoms with Gasteiger partial charge in [-0.15, -0.1) is 0 Å². The normalized spacial score (nSPS) is 28.4. The Labute approximate surface area is 54.2 Å². The molecule has 45 valence electrons. The molecule has 0 aliphatic carbocycles. The summed E-state index contributed by atoms with van der Waals surface area (Å²) in [5, 5.41) is 4.16. The second kappa shape index (κ2) is 1.65. The van der Waals surface area contributed by atoms with E-state index in [-0.39, 0.29) is 6.17 Å². The third-order valence-corrected chi connectivity index (χ3v) is 1.44. The van der Waals surface area contributed by atoms with E-state index in [1.165, 1.54) is 0 Å². The van der Waals surface area contributed by atoms with Gasteiger partial charge in [-0.3, -0.25) is 5.32 Å². The van der Waals surface area contributed by atoms with Crippen LogP contribution in [0.25, 0.3) is 0 Å². The minimum atomic E-state index is 0.245. The zero-order chi connectivity index (χ0) is 6.10. The minimum absolute atomic E-state index is 0.245. The van der Waals surface area contributed by atoms with Crippen molar-refractivity contribution in [1.82, 2.24) is 10.2 Å². The van der Waals surface area contributed by atoms with Crippen molar-refractivity contribution in [3.63, 3.8) is 0 Å². The maximum absolute atomic E-state index is 4.16. The number of allylic oxidation sites excluding steroid dienone is 2. The first kappa shape index (κ1) is 4.68. The molecule has 2 heteroatoms. The Bertz CT molecular complexity index is 191. The molecule has 2 aliphatic rings. The lowest BCUT2D eigenvalue weighted by molar-refractivity contribution is 0.422. The zero-order valence-electron chi connectivity index (χ0n) is 4.94. The summed E-state index contributed by atoms with van der Waals surface area (Å²) >= 11 is 0. The molecule has 0 aromatic carbocycles. The lowest BCUT2D eigenvalue weighted by Crippen LogP contribution is -2.26. The summed E-state index contributed by atoms with van der Waals surface area (Å²) in [6, 6.07) is 0. The van der Waals surface area contributed by atoms with Crippen LogP contribution in [-0.2, 0) is 0 Å². The van der Waals surface area contributed by atoms with E-state index >= 15 is 0 Å². The highest BCUT2D eigenvalue weighted by molar-refractivity contribution is 5.18. The standard InChI is InChI=1S/C7H7N2/c1-2-5-9-6-4-8-7(9)3-1/h1-7H. The number of nitrogens with zero attached hydrogens (tertiary/aromatic N) is 2. The Morgan fingerprint density at radius 3 is 3.11 bits per heavy atom. The van der Waals surface area contributed by atoms with Crippen LogP contribution in [0.3, 0.4) is 0 Å². The summed E-state index contributed by atoms with van der Waals surface area (Å²) in [6.07, 6.45) is 12.1. The van der Waals surface area contributed by atoms with Crippen molar-refractivity contribution in [2.24, 2.45) is 0 Å². The average Bonchev–Trinajstić information content (AvgIpc) is 2.33. The van der Waals surface area contributed by atoms with Crippen molar-refractivity contribution in [2.45, 2.75) is 6.17 Å². The topological polar surface area (TPSA) is 17.3 Å². The molecule has 0 saturated heterocycles. The van der Waals surface area contributed by atoms with Crippen LogP contribution in [0, 0.1) is 0 Å². The van der Waals surface area contributed by atoms with Crippen molar-refractivity contribution >= 4 is 0 Å². The maximum atomic E-state index is 4.16. The van der Waals surface area contributed by atoms with Crippen molar-refractivity contribution < 1.29 is 0 Å². The van der Waals surface area contributed by atoms with E-state index in [0.29, 0.717) is 0 Å². The second-order valence-electron chi connectivity index (χ2n) is 2.03. The summed E-state index contributed by atoms with van der Waals surface area (Å²) in [6.45, 7) is 0. The summed E-state index contributed by atoms with van der Waals surface area (Å²) in [5.74, 6) is 0. The van der Waals surface area contributed by atoms with Gasteiger partial charge in [-0.05, 0) is 12.2 Å². The summed E-state index contributed by atoms with van der Waals surface area (Å²) in [5.41, 5.74) is 0. The van der Waals surface area contributed by atoms with E-state index < -0.39 is 0 Å². The molecule has 1 atom stereocenters. The monoisotopic (exact) mass is 119 g/mol. The van der Waals surface area contributed by atoms with Gasteiger partial charge in [-0.2, -0.15) is 0 Å². The zero-order valence-corrected chi connectivity index (χ0v) is 4.94. The maximum Gasteiger partial charge on any atom is 0.143 e. The minimum Gasteiger partial charge on any atom is -0.327 e. The molecule has 0 amide bonds. The molecule has 1 radical (unpaired) electrons. The second-order valence-corrected chi connectivity index (χ2v) is 2.03. The lowest BCUT2D eigenvalue weighted by Gasteiger charge is -2.18. The molecule has 1 unspecified atom stereocenters. The molecule has 2 heterocycles. The van der Waals surface area contributed by atoms with Crippen LogP contribution < -0.4 is 5.32 Å². The molecule has 0 fully saturated rings.